The first-order chi connectivity index (χ1) is 10.2. The Bertz CT molecular complexity index is 317. The average Bonchev–Trinajstić information content (AvgIpc) is 2.95. The first kappa shape index (κ1) is 16.7. The van der Waals surface area contributed by atoms with Crippen LogP contribution in [0.5, 0.6) is 0 Å². The van der Waals surface area contributed by atoms with Crippen LogP contribution < -0.4 is 10.6 Å². The highest BCUT2D eigenvalue weighted by Gasteiger charge is 2.33. The topological polar surface area (TPSA) is 53.6 Å². The van der Waals surface area contributed by atoms with E-state index in [4.69, 9.17) is 4.74 Å². The van der Waals surface area contributed by atoms with Gasteiger partial charge >= 0.3 is 0 Å². The number of nitrogens with one attached hydrogen (secondary N) is 2. The fourth-order valence-electron chi connectivity index (χ4n) is 3.10. The Kier molecular flexibility index (Phi) is 6.93. The third-order valence-electron chi connectivity index (χ3n) is 4.68. The zero-order chi connectivity index (χ0) is 15.1. The maximum Gasteiger partial charge on any atom is 0.227 e. The number of carbonyl (C=O) groups is 1. The summed E-state index contributed by atoms with van der Waals surface area (Å²) < 4.78 is 5.46. The molecule has 0 aromatic carbocycles. The molecule has 0 aromatic rings. The standard InChI is InChI=1S/C16H31N3O2/c1-3-6-17-15-12-21-11-14(15)16(20)18-7-10-19-8-4-13(2)5-9-19/h13-15,17H,3-12H2,1-2H3,(H,18,20). The number of hydrogen-bond acceptors (Lipinski definition) is 4. The van der Waals surface area contributed by atoms with Gasteiger partial charge < -0.3 is 20.3 Å². The maximum absolute atomic E-state index is 12.3. The molecule has 2 saturated heterocycles. The lowest BCUT2D eigenvalue weighted by atomic mass is 9.99. The van der Waals surface area contributed by atoms with Crippen molar-refractivity contribution in [1.82, 2.24) is 15.5 Å². The molecule has 2 fully saturated rings. The Morgan fingerprint density at radius 2 is 2.00 bits per heavy atom. The monoisotopic (exact) mass is 297 g/mol. The highest BCUT2D eigenvalue weighted by atomic mass is 16.5. The molecule has 2 rings (SSSR count). The molecule has 0 bridgehead atoms. The van der Waals surface area contributed by atoms with Crippen LogP contribution in [0, 0.1) is 11.8 Å². The number of hydrogen-bond donors (Lipinski definition) is 2. The Hall–Kier alpha value is -0.650. The number of ether oxygens (including phenoxy) is 1. The molecule has 21 heavy (non-hydrogen) atoms. The van der Waals surface area contributed by atoms with Gasteiger partial charge in [-0.3, -0.25) is 4.79 Å². The fraction of sp³-hybridized carbons (Fsp3) is 0.938. The van der Waals surface area contributed by atoms with E-state index in [1.807, 2.05) is 0 Å². The molecular weight excluding hydrogens is 266 g/mol. The van der Waals surface area contributed by atoms with Crippen molar-refractivity contribution in [3.8, 4) is 0 Å². The van der Waals surface area contributed by atoms with Gasteiger partial charge in [-0.25, -0.2) is 0 Å². The predicted molar refractivity (Wildman–Crippen MR) is 84.2 cm³/mol. The van der Waals surface area contributed by atoms with Crippen molar-refractivity contribution in [3.63, 3.8) is 0 Å². The predicted octanol–water partition coefficient (Wildman–Crippen LogP) is 0.849. The highest BCUT2D eigenvalue weighted by Crippen LogP contribution is 2.16. The largest absolute Gasteiger partial charge is 0.379 e. The Labute approximate surface area is 128 Å². The fourth-order valence-corrected chi connectivity index (χ4v) is 3.10. The quantitative estimate of drug-likeness (QED) is 0.731. The normalized spacial score (nSPS) is 27.9. The number of carbonyl (C=O) groups excluding carboxylic acids is 1. The molecule has 0 radical (unpaired) electrons. The Morgan fingerprint density at radius 1 is 1.24 bits per heavy atom. The summed E-state index contributed by atoms with van der Waals surface area (Å²) >= 11 is 0. The molecule has 2 N–H and O–H groups in total. The lowest BCUT2D eigenvalue weighted by Gasteiger charge is -2.30. The zero-order valence-corrected chi connectivity index (χ0v) is 13.6. The van der Waals surface area contributed by atoms with Crippen molar-refractivity contribution in [1.29, 1.82) is 0 Å². The Balaban J connectivity index is 1.64. The van der Waals surface area contributed by atoms with Crippen LogP contribution in [0.1, 0.15) is 33.1 Å². The van der Waals surface area contributed by atoms with Gasteiger partial charge in [-0.1, -0.05) is 13.8 Å². The van der Waals surface area contributed by atoms with Crippen molar-refractivity contribution < 1.29 is 9.53 Å². The number of nitrogens with zero attached hydrogens (tertiary/aromatic N) is 1. The third-order valence-corrected chi connectivity index (χ3v) is 4.68. The molecular formula is C16H31N3O2. The number of rotatable bonds is 7. The second-order valence-corrected chi connectivity index (χ2v) is 6.52. The van der Waals surface area contributed by atoms with E-state index in [0.717, 1.165) is 32.0 Å². The molecule has 2 aliphatic heterocycles. The minimum atomic E-state index is -0.0297. The number of amides is 1. The average molecular weight is 297 g/mol. The van der Waals surface area contributed by atoms with Crippen molar-refractivity contribution >= 4 is 5.91 Å². The second-order valence-electron chi connectivity index (χ2n) is 6.52. The van der Waals surface area contributed by atoms with Gasteiger partial charge in [-0.05, 0) is 44.8 Å². The molecule has 0 spiro atoms. The van der Waals surface area contributed by atoms with Crippen molar-refractivity contribution in [2.24, 2.45) is 11.8 Å². The summed E-state index contributed by atoms with van der Waals surface area (Å²) in [6.07, 6.45) is 3.65. The zero-order valence-electron chi connectivity index (χ0n) is 13.6. The summed E-state index contributed by atoms with van der Waals surface area (Å²) in [6.45, 7) is 10.7. The molecule has 0 saturated carbocycles. The van der Waals surface area contributed by atoms with Crippen LogP contribution in [-0.2, 0) is 9.53 Å². The number of likely N-dealkylation sites (tertiary alicyclic amines) is 1. The second kappa shape index (κ2) is 8.71. The maximum atomic E-state index is 12.3. The van der Waals surface area contributed by atoms with Crippen LogP contribution >= 0.6 is 0 Å². The van der Waals surface area contributed by atoms with Gasteiger partial charge in [0.05, 0.1) is 19.1 Å². The van der Waals surface area contributed by atoms with Gasteiger partial charge in [-0.2, -0.15) is 0 Å². The number of piperidine rings is 1. The molecule has 1 amide bonds. The summed E-state index contributed by atoms with van der Waals surface area (Å²) in [6, 6.07) is 0.181. The lowest BCUT2D eigenvalue weighted by molar-refractivity contribution is -0.125. The van der Waals surface area contributed by atoms with E-state index in [9.17, 15) is 4.79 Å². The highest BCUT2D eigenvalue weighted by molar-refractivity contribution is 5.79. The first-order valence-corrected chi connectivity index (χ1v) is 8.52. The Morgan fingerprint density at radius 3 is 2.71 bits per heavy atom. The molecule has 122 valence electrons. The summed E-state index contributed by atoms with van der Waals surface area (Å²) in [5.74, 6) is 0.973. The molecule has 5 heteroatoms. The van der Waals surface area contributed by atoms with E-state index in [2.05, 4.69) is 29.4 Å². The van der Waals surface area contributed by atoms with Gasteiger partial charge in [0.1, 0.15) is 0 Å². The van der Waals surface area contributed by atoms with Gasteiger partial charge in [-0.15, -0.1) is 0 Å². The summed E-state index contributed by atoms with van der Waals surface area (Å²) in [5.41, 5.74) is 0. The van der Waals surface area contributed by atoms with Crippen LogP contribution in [0.3, 0.4) is 0 Å². The van der Waals surface area contributed by atoms with E-state index >= 15 is 0 Å². The van der Waals surface area contributed by atoms with E-state index in [-0.39, 0.29) is 17.9 Å². The molecule has 2 atom stereocenters. The van der Waals surface area contributed by atoms with Crippen LogP contribution in [-0.4, -0.2) is 62.8 Å². The smallest absolute Gasteiger partial charge is 0.227 e. The minimum Gasteiger partial charge on any atom is -0.379 e. The summed E-state index contributed by atoms with van der Waals surface area (Å²) in [5, 5.41) is 6.50. The molecule has 2 unspecified atom stereocenters. The van der Waals surface area contributed by atoms with Crippen LogP contribution in [0.25, 0.3) is 0 Å². The summed E-state index contributed by atoms with van der Waals surface area (Å²) in [4.78, 5) is 14.7. The van der Waals surface area contributed by atoms with E-state index in [1.165, 1.54) is 25.9 Å². The van der Waals surface area contributed by atoms with Crippen LogP contribution in [0.15, 0.2) is 0 Å². The first-order valence-electron chi connectivity index (χ1n) is 8.52. The van der Waals surface area contributed by atoms with E-state index in [0.29, 0.717) is 13.2 Å². The molecule has 0 aliphatic carbocycles. The molecule has 2 heterocycles. The third kappa shape index (κ3) is 5.24. The summed E-state index contributed by atoms with van der Waals surface area (Å²) in [7, 11) is 0. The molecule has 5 nitrogen and oxygen atoms in total. The van der Waals surface area contributed by atoms with Crippen molar-refractivity contribution in [2.75, 3.05) is 45.9 Å². The van der Waals surface area contributed by atoms with E-state index < -0.39 is 0 Å². The molecule has 0 aromatic heterocycles. The van der Waals surface area contributed by atoms with E-state index in [1.54, 1.807) is 0 Å². The molecule has 2 aliphatic rings. The van der Waals surface area contributed by atoms with Crippen molar-refractivity contribution in [2.45, 2.75) is 39.2 Å². The lowest BCUT2D eigenvalue weighted by Crippen LogP contribution is -2.46. The van der Waals surface area contributed by atoms with Gasteiger partial charge in [0, 0.05) is 19.1 Å². The van der Waals surface area contributed by atoms with Gasteiger partial charge in [0.15, 0.2) is 0 Å². The minimum absolute atomic E-state index is 0.0297. The van der Waals surface area contributed by atoms with Crippen molar-refractivity contribution in [3.05, 3.63) is 0 Å². The van der Waals surface area contributed by atoms with Gasteiger partial charge in [0.2, 0.25) is 5.91 Å². The van der Waals surface area contributed by atoms with Gasteiger partial charge in [0.25, 0.3) is 0 Å². The van der Waals surface area contributed by atoms with Crippen LogP contribution in [0.4, 0.5) is 0 Å². The SMILES string of the molecule is CCCNC1COCC1C(=O)NCCN1CCC(C)CC1. The van der Waals surface area contributed by atoms with Crippen LogP contribution in [0.2, 0.25) is 0 Å².